The van der Waals surface area contributed by atoms with Crippen molar-refractivity contribution in [3.63, 3.8) is 0 Å². The Balaban J connectivity index is 2.36. The number of ether oxygens (including phenoxy) is 2. The lowest BCUT2D eigenvalue weighted by molar-refractivity contribution is 0.286. The maximum absolute atomic E-state index is 5.66. The SMILES string of the molecule is CCOc1cc(/C=N\n2c(C)nnc2SC)cc(Br)c1OCC. The standard InChI is InChI=1S/C15H19BrN4O2S/c1-5-21-13-8-11(7-12(16)14(13)22-6-2)9-17-20-10(3)18-19-15(20)23-4/h7-9H,5-6H2,1-4H3/b17-9-. The van der Waals surface area contributed by atoms with Crippen LogP contribution in [0.1, 0.15) is 25.2 Å². The minimum absolute atomic E-state index is 0.564. The lowest BCUT2D eigenvalue weighted by Crippen LogP contribution is -2.01. The minimum atomic E-state index is 0.564. The average molecular weight is 399 g/mol. The Hall–Kier alpha value is -1.54. The molecule has 0 aliphatic carbocycles. The molecule has 0 atom stereocenters. The number of thioether (sulfide) groups is 1. The molecule has 1 aromatic heterocycles. The van der Waals surface area contributed by atoms with E-state index in [-0.39, 0.29) is 0 Å². The molecule has 124 valence electrons. The first-order chi connectivity index (χ1) is 11.1. The Morgan fingerprint density at radius 3 is 2.65 bits per heavy atom. The van der Waals surface area contributed by atoms with Crippen molar-refractivity contribution in [1.82, 2.24) is 14.9 Å². The summed E-state index contributed by atoms with van der Waals surface area (Å²) in [5, 5.41) is 13.3. The lowest BCUT2D eigenvalue weighted by atomic mass is 10.2. The normalized spacial score (nSPS) is 11.2. The third-order valence-electron chi connectivity index (χ3n) is 2.89. The van der Waals surface area contributed by atoms with E-state index >= 15 is 0 Å². The van der Waals surface area contributed by atoms with Gasteiger partial charge >= 0.3 is 0 Å². The Kier molecular flexibility index (Phi) is 6.47. The van der Waals surface area contributed by atoms with Crippen molar-refractivity contribution >= 4 is 33.9 Å². The summed E-state index contributed by atoms with van der Waals surface area (Å²) in [5.74, 6) is 2.13. The number of halogens is 1. The fraction of sp³-hybridized carbons (Fsp3) is 0.400. The van der Waals surface area contributed by atoms with E-state index in [1.165, 1.54) is 11.8 Å². The van der Waals surface area contributed by atoms with Gasteiger partial charge in [-0.05, 0) is 60.7 Å². The van der Waals surface area contributed by atoms with Crippen LogP contribution in [0, 0.1) is 6.92 Å². The van der Waals surface area contributed by atoms with Gasteiger partial charge in [0.15, 0.2) is 17.3 Å². The van der Waals surface area contributed by atoms with Crippen LogP contribution in [0.5, 0.6) is 11.5 Å². The first-order valence-electron chi connectivity index (χ1n) is 7.20. The zero-order chi connectivity index (χ0) is 16.8. The molecule has 0 aliphatic heterocycles. The van der Waals surface area contributed by atoms with E-state index in [4.69, 9.17) is 9.47 Å². The fourth-order valence-corrected chi connectivity index (χ4v) is 2.98. The molecule has 8 heteroatoms. The zero-order valence-electron chi connectivity index (χ0n) is 13.5. The van der Waals surface area contributed by atoms with Gasteiger partial charge in [-0.2, -0.15) is 9.78 Å². The topological polar surface area (TPSA) is 61.5 Å². The molecule has 0 bridgehead atoms. The van der Waals surface area contributed by atoms with Crippen molar-refractivity contribution in [3.05, 3.63) is 28.0 Å². The minimum Gasteiger partial charge on any atom is -0.490 e. The number of hydrogen-bond acceptors (Lipinski definition) is 6. The summed E-state index contributed by atoms with van der Waals surface area (Å²) in [6.07, 6.45) is 3.69. The van der Waals surface area contributed by atoms with E-state index in [1.54, 1.807) is 10.9 Å². The van der Waals surface area contributed by atoms with Gasteiger partial charge in [0.25, 0.3) is 0 Å². The predicted molar refractivity (Wildman–Crippen MR) is 96.0 cm³/mol. The second-order valence-corrected chi connectivity index (χ2v) is 6.11. The van der Waals surface area contributed by atoms with Crippen molar-refractivity contribution in [2.75, 3.05) is 19.5 Å². The van der Waals surface area contributed by atoms with E-state index in [0.29, 0.717) is 24.7 Å². The predicted octanol–water partition coefficient (Wildman–Crippen LogP) is 3.75. The molecule has 0 N–H and O–H groups in total. The molecule has 23 heavy (non-hydrogen) atoms. The van der Waals surface area contributed by atoms with Crippen LogP contribution in [0.3, 0.4) is 0 Å². The molecule has 0 unspecified atom stereocenters. The van der Waals surface area contributed by atoms with Crippen LogP contribution in [-0.2, 0) is 0 Å². The van der Waals surface area contributed by atoms with Gasteiger partial charge in [0.2, 0.25) is 5.16 Å². The third-order valence-corrected chi connectivity index (χ3v) is 4.10. The molecule has 0 amide bonds. The molecule has 1 heterocycles. The first kappa shape index (κ1) is 17.8. The van der Waals surface area contributed by atoms with Crippen molar-refractivity contribution in [2.45, 2.75) is 25.9 Å². The van der Waals surface area contributed by atoms with E-state index in [2.05, 4.69) is 31.2 Å². The Labute approximate surface area is 148 Å². The van der Waals surface area contributed by atoms with Gasteiger partial charge in [-0.3, -0.25) is 0 Å². The molecule has 0 spiro atoms. The molecule has 2 rings (SSSR count). The Morgan fingerprint density at radius 2 is 2.00 bits per heavy atom. The molecule has 0 saturated heterocycles. The first-order valence-corrected chi connectivity index (χ1v) is 9.21. The summed E-state index contributed by atoms with van der Waals surface area (Å²) < 4.78 is 13.8. The van der Waals surface area contributed by atoms with E-state index in [9.17, 15) is 0 Å². The van der Waals surface area contributed by atoms with Gasteiger partial charge in [0, 0.05) is 0 Å². The monoisotopic (exact) mass is 398 g/mol. The van der Waals surface area contributed by atoms with E-state index < -0.39 is 0 Å². The van der Waals surface area contributed by atoms with Crippen LogP contribution in [0.2, 0.25) is 0 Å². The summed E-state index contributed by atoms with van der Waals surface area (Å²) in [6, 6.07) is 3.84. The summed E-state index contributed by atoms with van der Waals surface area (Å²) in [7, 11) is 0. The van der Waals surface area contributed by atoms with Crippen LogP contribution in [-0.4, -0.2) is 40.6 Å². The summed E-state index contributed by atoms with van der Waals surface area (Å²) in [4.78, 5) is 0. The maximum atomic E-state index is 5.66. The quantitative estimate of drug-likeness (QED) is 0.524. The van der Waals surface area contributed by atoms with Crippen molar-refractivity contribution < 1.29 is 9.47 Å². The molecule has 0 aliphatic rings. The van der Waals surface area contributed by atoms with Crippen molar-refractivity contribution in [3.8, 4) is 11.5 Å². The molecule has 0 saturated carbocycles. The highest BCUT2D eigenvalue weighted by molar-refractivity contribution is 9.10. The number of hydrogen-bond donors (Lipinski definition) is 0. The molecule has 0 fully saturated rings. The Morgan fingerprint density at radius 1 is 1.26 bits per heavy atom. The highest BCUT2D eigenvalue weighted by Crippen LogP contribution is 2.36. The second kappa shape index (κ2) is 8.35. The molecule has 6 nitrogen and oxygen atoms in total. The highest BCUT2D eigenvalue weighted by Gasteiger charge is 2.12. The number of rotatable bonds is 7. The fourth-order valence-electron chi connectivity index (χ4n) is 1.93. The highest BCUT2D eigenvalue weighted by atomic mass is 79.9. The van der Waals surface area contributed by atoms with E-state index in [1.807, 2.05) is 39.2 Å². The summed E-state index contributed by atoms with van der Waals surface area (Å²) >= 11 is 5.02. The smallest absolute Gasteiger partial charge is 0.211 e. The van der Waals surface area contributed by atoms with Crippen LogP contribution in [0.15, 0.2) is 26.9 Å². The number of nitrogens with zero attached hydrogens (tertiary/aromatic N) is 4. The average Bonchev–Trinajstić information content (AvgIpc) is 2.89. The number of aromatic nitrogens is 3. The molecule has 2 aromatic rings. The zero-order valence-corrected chi connectivity index (χ0v) is 15.9. The van der Waals surface area contributed by atoms with Crippen LogP contribution >= 0.6 is 27.7 Å². The lowest BCUT2D eigenvalue weighted by Gasteiger charge is -2.13. The summed E-state index contributed by atoms with van der Waals surface area (Å²) in [5.41, 5.74) is 0.893. The maximum Gasteiger partial charge on any atom is 0.211 e. The van der Waals surface area contributed by atoms with Gasteiger partial charge in [-0.15, -0.1) is 10.2 Å². The van der Waals surface area contributed by atoms with Gasteiger partial charge in [-0.1, -0.05) is 11.8 Å². The third kappa shape index (κ3) is 4.26. The van der Waals surface area contributed by atoms with E-state index in [0.717, 1.165) is 21.0 Å². The summed E-state index contributed by atoms with van der Waals surface area (Å²) in [6.45, 7) is 6.88. The van der Waals surface area contributed by atoms with Crippen molar-refractivity contribution in [2.24, 2.45) is 5.10 Å². The molecular formula is C15H19BrN4O2S. The second-order valence-electron chi connectivity index (χ2n) is 4.49. The molecule has 1 aromatic carbocycles. The molecular weight excluding hydrogens is 380 g/mol. The van der Waals surface area contributed by atoms with Crippen molar-refractivity contribution in [1.29, 1.82) is 0 Å². The van der Waals surface area contributed by atoms with Crippen LogP contribution in [0.25, 0.3) is 0 Å². The Bertz CT molecular complexity index is 703. The van der Waals surface area contributed by atoms with Crippen LogP contribution in [0.4, 0.5) is 0 Å². The van der Waals surface area contributed by atoms with Gasteiger partial charge < -0.3 is 9.47 Å². The van der Waals surface area contributed by atoms with Gasteiger partial charge in [0.05, 0.1) is 23.9 Å². The van der Waals surface area contributed by atoms with Gasteiger partial charge in [-0.25, -0.2) is 0 Å². The largest absolute Gasteiger partial charge is 0.490 e. The van der Waals surface area contributed by atoms with Crippen LogP contribution < -0.4 is 9.47 Å². The molecule has 0 radical (unpaired) electrons. The van der Waals surface area contributed by atoms with Gasteiger partial charge in [0.1, 0.15) is 0 Å². The number of benzene rings is 1. The number of aryl methyl sites for hydroxylation is 1.